The number of hydrogen-bond acceptors (Lipinski definition) is 3. The molecule has 0 aromatic carbocycles. The number of aromatic amines is 1. The van der Waals surface area contributed by atoms with Crippen LogP contribution in [0.15, 0.2) is 23.1 Å². The monoisotopic (exact) mass is 249 g/mol. The Labute approximate surface area is 106 Å². The Hall–Kier alpha value is -1.62. The largest absolute Gasteiger partial charge is 0.352 e. The first-order valence-corrected chi connectivity index (χ1v) is 6.36. The minimum atomic E-state index is -0.136. The molecular formula is C13H19N3O2. The molecule has 2 atom stereocenters. The number of rotatable bonds is 3. The van der Waals surface area contributed by atoms with Crippen LogP contribution in [0.1, 0.15) is 31.2 Å². The van der Waals surface area contributed by atoms with Crippen LogP contribution in [0.25, 0.3) is 0 Å². The highest BCUT2D eigenvalue weighted by molar-refractivity contribution is 5.78. The van der Waals surface area contributed by atoms with Gasteiger partial charge < -0.3 is 16.0 Å². The molecule has 1 aliphatic rings. The second kappa shape index (κ2) is 5.82. The van der Waals surface area contributed by atoms with E-state index in [2.05, 4.69) is 10.3 Å². The second-order valence-corrected chi connectivity index (χ2v) is 4.90. The summed E-state index contributed by atoms with van der Waals surface area (Å²) in [4.78, 5) is 25.4. The van der Waals surface area contributed by atoms with E-state index in [1.54, 1.807) is 12.3 Å². The van der Waals surface area contributed by atoms with Crippen LogP contribution in [0, 0.1) is 5.92 Å². The highest BCUT2D eigenvalue weighted by Crippen LogP contribution is 2.23. The van der Waals surface area contributed by atoms with Gasteiger partial charge in [-0.15, -0.1) is 0 Å². The molecule has 0 aliphatic heterocycles. The van der Waals surface area contributed by atoms with E-state index in [0.29, 0.717) is 6.54 Å². The van der Waals surface area contributed by atoms with E-state index in [9.17, 15) is 9.59 Å². The third kappa shape index (κ3) is 3.43. The van der Waals surface area contributed by atoms with E-state index in [1.807, 2.05) is 0 Å². The number of pyridine rings is 1. The molecule has 1 aromatic rings. The van der Waals surface area contributed by atoms with Crippen LogP contribution in [0.2, 0.25) is 0 Å². The maximum Gasteiger partial charge on any atom is 0.247 e. The first-order valence-electron chi connectivity index (χ1n) is 6.36. The highest BCUT2D eigenvalue weighted by atomic mass is 16.2. The summed E-state index contributed by atoms with van der Waals surface area (Å²) in [6.07, 6.45) is 5.36. The summed E-state index contributed by atoms with van der Waals surface area (Å²) in [6.45, 7) is 0.446. The smallest absolute Gasteiger partial charge is 0.247 e. The van der Waals surface area contributed by atoms with Crippen LogP contribution >= 0.6 is 0 Å². The average molecular weight is 249 g/mol. The molecule has 2 rings (SSSR count). The fraction of sp³-hybridized carbons (Fsp3) is 0.538. The Balaban J connectivity index is 1.84. The molecule has 0 spiro atoms. The third-order valence-corrected chi connectivity index (χ3v) is 3.40. The van der Waals surface area contributed by atoms with Crippen molar-refractivity contribution in [2.75, 3.05) is 0 Å². The Morgan fingerprint density at radius 3 is 2.94 bits per heavy atom. The van der Waals surface area contributed by atoms with Gasteiger partial charge in [0.15, 0.2) is 0 Å². The van der Waals surface area contributed by atoms with Crippen molar-refractivity contribution in [3.63, 3.8) is 0 Å². The minimum Gasteiger partial charge on any atom is -0.352 e. The first kappa shape index (κ1) is 12.8. The van der Waals surface area contributed by atoms with Crippen LogP contribution in [0.5, 0.6) is 0 Å². The Morgan fingerprint density at radius 2 is 2.28 bits per heavy atom. The van der Waals surface area contributed by atoms with Gasteiger partial charge in [-0.1, -0.05) is 12.5 Å². The molecule has 1 aromatic heterocycles. The number of carbonyl (C=O) groups excluding carboxylic acids is 1. The molecule has 0 radical (unpaired) electrons. The van der Waals surface area contributed by atoms with Crippen LogP contribution in [-0.2, 0) is 11.3 Å². The first-order chi connectivity index (χ1) is 8.65. The quantitative estimate of drug-likeness (QED) is 0.729. The minimum absolute atomic E-state index is 0.0384. The van der Waals surface area contributed by atoms with Gasteiger partial charge >= 0.3 is 0 Å². The molecule has 0 bridgehead atoms. The topological polar surface area (TPSA) is 88.0 Å². The van der Waals surface area contributed by atoms with Crippen LogP contribution in [0.4, 0.5) is 0 Å². The Morgan fingerprint density at radius 1 is 1.44 bits per heavy atom. The maximum atomic E-state index is 11.9. The predicted molar refractivity (Wildman–Crippen MR) is 68.8 cm³/mol. The normalized spacial score (nSPS) is 23.6. The van der Waals surface area contributed by atoms with Crippen LogP contribution in [0.3, 0.4) is 0 Å². The fourth-order valence-corrected chi connectivity index (χ4v) is 2.35. The highest BCUT2D eigenvalue weighted by Gasteiger charge is 2.24. The maximum absolute atomic E-state index is 11.9. The lowest BCUT2D eigenvalue weighted by molar-refractivity contribution is -0.126. The summed E-state index contributed by atoms with van der Waals surface area (Å²) in [5, 5.41) is 2.89. The number of carbonyl (C=O) groups is 1. The summed E-state index contributed by atoms with van der Waals surface area (Å²) < 4.78 is 0. The van der Waals surface area contributed by atoms with Crippen molar-refractivity contribution in [1.82, 2.24) is 10.3 Å². The van der Waals surface area contributed by atoms with Crippen LogP contribution < -0.4 is 16.6 Å². The number of nitrogens with one attached hydrogen (secondary N) is 2. The van der Waals surface area contributed by atoms with E-state index in [4.69, 9.17) is 5.73 Å². The van der Waals surface area contributed by atoms with Gasteiger partial charge in [-0.25, -0.2) is 0 Å². The van der Waals surface area contributed by atoms with Gasteiger partial charge in [-0.05, 0) is 24.8 Å². The zero-order valence-electron chi connectivity index (χ0n) is 10.3. The lowest BCUT2D eigenvalue weighted by atomic mass is 9.85. The molecule has 98 valence electrons. The molecule has 4 N–H and O–H groups in total. The van der Waals surface area contributed by atoms with Gasteiger partial charge in [-0.3, -0.25) is 9.59 Å². The standard InChI is InChI=1S/C13H19N3O2/c14-11-3-1-2-10(6-11)13(18)16-8-9-4-5-12(17)15-7-9/h4-5,7,10-11H,1-3,6,8,14H2,(H,15,17)(H,16,18). The summed E-state index contributed by atoms with van der Waals surface area (Å²) in [5.74, 6) is 0.105. The van der Waals surface area contributed by atoms with Crippen molar-refractivity contribution in [1.29, 1.82) is 0 Å². The molecule has 5 heteroatoms. The summed E-state index contributed by atoms with van der Waals surface area (Å²) in [5.41, 5.74) is 6.62. The lowest BCUT2D eigenvalue weighted by Crippen LogP contribution is -2.37. The van der Waals surface area contributed by atoms with Crippen molar-refractivity contribution in [2.45, 2.75) is 38.3 Å². The van der Waals surface area contributed by atoms with Gasteiger partial charge in [-0.2, -0.15) is 0 Å². The second-order valence-electron chi connectivity index (χ2n) is 4.90. The van der Waals surface area contributed by atoms with Crippen molar-refractivity contribution >= 4 is 5.91 Å². The molecule has 1 amide bonds. The molecular weight excluding hydrogens is 230 g/mol. The zero-order valence-corrected chi connectivity index (χ0v) is 10.3. The van der Waals surface area contributed by atoms with E-state index >= 15 is 0 Å². The average Bonchev–Trinajstić information content (AvgIpc) is 2.38. The van der Waals surface area contributed by atoms with E-state index in [1.165, 1.54) is 6.07 Å². The fourth-order valence-electron chi connectivity index (χ4n) is 2.35. The zero-order chi connectivity index (χ0) is 13.0. The van der Waals surface area contributed by atoms with E-state index in [-0.39, 0.29) is 23.4 Å². The van der Waals surface area contributed by atoms with E-state index < -0.39 is 0 Å². The number of aromatic nitrogens is 1. The predicted octanol–water partition coefficient (Wildman–Crippen LogP) is 0.509. The Bertz CT molecular complexity index is 449. The van der Waals surface area contributed by atoms with Crippen molar-refractivity contribution in [2.24, 2.45) is 11.7 Å². The van der Waals surface area contributed by atoms with Crippen molar-refractivity contribution < 1.29 is 4.79 Å². The summed E-state index contributed by atoms with van der Waals surface area (Å²) >= 11 is 0. The van der Waals surface area contributed by atoms with Gasteiger partial charge in [0.1, 0.15) is 0 Å². The number of H-pyrrole nitrogens is 1. The molecule has 1 heterocycles. The van der Waals surface area contributed by atoms with Crippen molar-refractivity contribution in [3.8, 4) is 0 Å². The van der Waals surface area contributed by atoms with Gasteiger partial charge in [0.25, 0.3) is 0 Å². The van der Waals surface area contributed by atoms with E-state index in [0.717, 1.165) is 31.2 Å². The molecule has 1 fully saturated rings. The molecule has 1 aliphatic carbocycles. The number of amides is 1. The number of hydrogen-bond donors (Lipinski definition) is 3. The third-order valence-electron chi connectivity index (χ3n) is 3.40. The molecule has 18 heavy (non-hydrogen) atoms. The molecule has 2 unspecified atom stereocenters. The molecule has 0 saturated heterocycles. The van der Waals surface area contributed by atoms with Gasteiger partial charge in [0, 0.05) is 30.8 Å². The van der Waals surface area contributed by atoms with Gasteiger partial charge in [0.2, 0.25) is 11.5 Å². The summed E-state index contributed by atoms with van der Waals surface area (Å²) in [6, 6.07) is 3.33. The Kier molecular flexibility index (Phi) is 4.15. The SMILES string of the molecule is NC1CCCC(C(=O)NCc2ccc(=O)[nH]c2)C1. The number of nitrogens with two attached hydrogens (primary N) is 1. The van der Waals surface area contributed by atoms with Crippen molar-refractivity contribution in [3.05, 3.63) is 34.2 Å². The van der Waals surface area contributed by atoms with Crippen LogP contribution in [-0.4, -0.2) is 16.9 Å². The molecule has 1 saturated carbocycles. The molecule has 5 nitrogen and oxygen atoms in total. The van der Waals surface area contributed by atoms with Gasteiger partial charge in [0.05, 0.1) is 0 Å². The lowest BCUT2D eigenvalue weighted by Gasteiger charge is -2.25. The summed E-state index contributed by atoms with van der Waals surface area (Å²) in [7, 11) is 0.